The third-order valence-corrected chi connectivity index (χ3v) is 5.45. The number of nitrogens with one attached hydrogen (secondary N) is 1. The third-order valence-electron chi connectivity index (χ3n) is 3.89. The summed E-state index contributed by atoms with van der Waals surface area (Å²) in [6, 6.07) is 12.8. The smallest absolute Gasteiger partial charge is 0.267 e. The Kier molecular flexibility index (Phi) is 5.98. The van der Waals surface area contributed by atoms with Crippen molar-refractivity contribution in [3.05, 3.63) is 68.6 Å². The molecule has 140 valence electrons. The van der Waals surface area contributed by atoms with Gasteiger partial charge in [-0.2, -0.15) is 0 Å². The lowest BCUT2D eigenvalue weighted by Crippen LogP contribution is -2.12. The van der Waals surface area contributed by atoms with Crippen LogP contribution < -0.4 is 14.8 Å². The van der Waals surface area contributed by atoms with E-state index in [-0.39, 0.29) is 12.5 Å². The molecular weight excluding hydrogens is 384 g/mol. The van der Waals surface area contributed by atoms with Gasteiger partial charge >= 0.3 is 0 Å². The molecule has 5 nitrogen and oxygen atoms in total. The summed E-state index contributed by atoms with van der Waals surface area (Å²) < 4.78 is 11.0. The molecule has 0 bridgehead atoms. The van der Waals surface area contributed by atoms with Gasteiger partial charge in [-0.1, -0.05) is 23.7 Å². The molecule has 0 fully saturated rings. The van der Waals surface area contributed by atoms with Crippen LogP contribution in [0.2, 0.25) is 5.02 Å². The molecule has 0 atom stereocenters. The number of hydrogen-bond acceptors (Lipinski definition) is 5. The quantitative estimate of drug-likeness (QED) is 0.611. The molecule has 0 radical (unpaired) electrons. The molecule has 1 amide bonds. The molecule has 0 saturated carbocycles. The molecule has 1 heterocycles. The Morgan fingerprint density at radius 1 is 1.22 bits per heavy atom. The number of benzene rings is 2. The van der Waals surface area contributed by atoms with Crippen molar-refractivity contribution in [1.29, 1.82) is 0 Å². The van der Waals surface area contributed by atoms with Crippen molar-refractivity contribution in [3.63, 3.8) is 0 Å². The Balaban J connectivity index is 1.70. The number of ether oxygens (including phenoxy) is 2. The van der Waals surface area contributed by atoms with Crippen molar-refractivity contribution in [3.8, 4) is 11.5 Å². The summed E-state index contributed by atoms with van der Waals surface area (Å²) in [5.74, 6) is 1.10. The highest BCUT2D eigenvalue weighted by atomic mass is 35.5. The van der Waals surface area contributed by atoms with Crippen LogP contribution in [-0.2, 0) is 6.61 Å². The maximum Gasteiger partial charge on any atom is 0.267 e. The molecule has 0 aliphatic carbocycles. The first-order valence-electron chi connectivity index (χ1n) is 8.27. The Hall–Kier alpha value is -2.57. The molecule has 0 aliphatic heterocycles. The van der Waals surface area contributed by atoms with Crippen molar-refractivity contribution in [1.82, 2.24) is 4.98 Å². The van der Waals surface area contributed by atoms with Gasteiger partial charge in [0.1, 0.15) is 28.0 Å². The van der Waals surface area contributed by atoms with E-state index in [1.54, 1.807) is 25.3 Å². The Morgan fingerprint density at radius 3 is 2.74 bits per heavy atom. The van der Waals surface area contributed by atoms with Crippen LogP contribution in [0.4, 0.5) is 5.69 Å². The monoisotopic (exact) mass is 402 g/mol. The fourth-order valence-electron chi connectivity index (χ4n) is 2.50. The minimum absolute atomic E-state index is 0.219. The van der Waals surface area contributed by atoms with Crippen LogP contribution in [-0.4, -0.2) is 18.0 Å². The Morgan fingerprint density at radius 2 is 2.00 bits per heavy atom. The standard InChI is InChI=1S/C20H19ClN2O3S/c1-12-10-14(8-9-15(12)21)26-11-18-22-13(2)19(27-18)20(24)23-16-6-4-5-7-17(16)25-3/h4-10H,11H2,1-3H3,(H,23,24). The van der Waals surface area contributed by atoms with Crippen LogP contribution in [0.1, 0.15) is 25.9 Å². The first kappa shape index (κ1) is 19.2. The van der Waals surface area contributed by atoms with Crippen LogP contribution in [0.3, 0.4) is 0 Å². The Bertz CT molecular complexity index is 972. The van der Waals surface area contributed by atoms with Gasteiger partial charge in [0.15, 0.2) is 0 Å². The van der Waals surface area contributed by atoms with Gasteiger partial charge in [0.2, 0.25) is 0 Å². The summed E-state index contributed by atoms with van der Waals surface area (Å²) in [6.45, 7) is 4.02. The second-order valence-electron chi connectivity index (χ2n) is 5.88. The number of carbonyl (C=O) groups is 1. The van der Waals surface area contributed by atoms with E-state index < -0.39 is 0 Å². The van der Waals surface area contributed by atoms with Crippen LogP contribution in [0.25, 0.3) is 0 Å². The zero-order valence-electron chi connectivity index (χ0n) is 15.2. The molecule has 0 aliphatic rings. The number of carbonyl (C=O) groups excluding carboxylic acids is 1. The van der Waals surface area contributed by atoms with Crippen molar-refractivity contribution in [2.45, 2.75) is 20.5 Å². The molecule has 7 heteroatoms. The van der Waals surface area contributed by atoms with Gasteiger partial charge in [0.05, 0.1) is 18.5 Å². The molecular formula is C20H19ClN2O3S. The number of para-hydroxylation sites is 2. The fraction of sp³-hybridized carbons (Fsp3) is 0.200. The molecule has 3 aromatic rings. The maximum absolute atomic E-state index is 12.6. The number of anilines is 1. The van der Waals surface area contributed by atoms with E-state index in [0.29, 0.717) is 32.8 Å². The van der Waals surface area contributed by atoms with E-state index in [9.17, 15) is 4.79 Å². The van der Waals surface area contributed by atoms with Gasteiger partial charge in [0.25, 0.3) is 5.91 Å². The van der Waals surface area contributed by atoms with Crippen molar-refractivity contribution >= 4 is 34.5 Å². The van der Waals surface area contributed by atoms with Gasteiger partial charge in [0, 0.05) is 5.02 Å². The molecule has 3 rings (SSSR count). The molecule has 0 spiro atoms. The first-order valence-corrected chi connectivity index (χ1v) is 9.47. The lowest BCUT2D eigenvalue weighted by Gasteiger charge is -2.09. The topological polar surface area (TPSA) is 60.5 Å². The average Bonchev–Trinajstić information content (AvgIpc) is 3.04. The number of halogens is 1. The van der Waals surface area contributed by atoms with Gasteiger partial charge in [-0.3, -0.25) is 4.79 Å². The second kappa shape index (κ2) is 8.41. The molecule has 0 saturated heterocycles. The second-order valence-corrected chi connectivity index (χ2v) is 7.37. The zero-order chi connectivity index (χ0) is 19.4. The summed E-state index contributed by atoms with van der Waals surface area (Å²) in [5.41, 5.74) is 2.23. The molecule has 27 heavy (non-hydrogen) atoms. The molecule has 1 aromatic heterocycles. The fourth-order valence-corrected chi connectivity index (χ4v) is 3.49. The van der Waals surface area contributed by atoms with E-state index in [2.05, 4.69) is 10.3 Å². The molecule has 1 N–H and O–H groups in total. The highest BCUT2D eigenvalue weighted by Crippen LogP contribution is 2.27. The predicted octanol–water partition coefficient (Wildman–Crippen LogP) is 5.25. The van der Waals surface area contributed by atoms with Crippen LogP contribution in [0, 0.1) is 13.8 Å². The average molecular weight is 403 g/mol. The normalized spacial score (nSPS) is 10.5. The summed E-state index contributed by atoms with van der Waals surface area (Å²) >= 11 is 7.34. The number of methoxy groups -OCH3 is 1. The summed E-state index contributed by atoms with van der Waals surface area (Å²) in [7, 11) is 1.57. The van der Waals surface area contributed by atoms with Gasteiger partial charge in [-0.25, -0.2) is 4.98 Å². The lowest BCUT2D eigenvalue weighted by molar-refractivity contribution is 0.102. The third kappa shape index (κ3) is 4.59. The van der Waals surface area contributed by atoms with Gasteiger partial charge in [-0.15, -0.1) is 11.3 Å². The minimum atomic E-state index is -0.219. The van der Waals surface area contributed by atoms with Crippen LogP contribution >= 0.6 is 22.9 Å². The summed E-state index contributed by atoms with van der Waals surface area (Å²) in [4.78, 5) is 17.6. The molecule has 2 aromatic carbocycles. The van der Waals surface area contributed by atoms with E-state index >= 15 is 0 Å². The summed E-state index contributed by atoms with van der Waals surface area (Å²) in [6.07, 6.45) is 0. The van der Waals surface area contributed by atoms with Crippen molar-refractivity contribution in [2.75, 3.05) is 12.4 Å². The summed E-state index contributed by atoms with van der Waals surface area (Å²) in [5, 5.41) is 4.29. The first-order chi connectivity index (χ1) is 13.0. The molecule has 0 unspecified atom stereocenters. The number of rotatable bonds is 6. The predicted molar refractivity (Wildman–Crippen MR) is 108 cm³/mol. The van der Waals surface area contributed by atoms with Crippen LogP contribution in [0.15, 0.2) is 42.5 Å². The number of amides is 1. The Labute approximate surface area is 166 Å². The minimum Gasteiger partial charge on any atom is -0.495 e. The van der Waals surface area contributed by atoms with Crippen molar-refractivity contribution in [2.24, 2.45) is 0 Å². The van der Waals surface area contributed by atoms with E-state index in [4.69, 9.17) is 21.1 Å². The number of nitrogens with zero attached hydrogens (tertiary/aromatic N) is 1. The van der Waals surface area contributed by atoms with E-state index in [1.165, 1.54) is 11.3 Å². The van der Waals surface area contributed by atoms with Gasteiger partial charge < -0.3 is 14.8 Å². The zero-order valence-corrected chi connectivity index (χ0v) is 16.8. The highest BCUT2D eigenvalue weighted by Gasteiger charge is 2.17. The van der Waals surface area contributed by atoms with Crippen molar-refractivity contribution < 1.29 is 14.3 Å². The highest BCUT2D eigenvalue weighted by molar-refractivity contribution is 7.13. The van der Waals surface area contributed by atoms with Gasteiger partial charge in [-0.05, 0) is 49.7 Å². The van der Waals surface area contributed by atoms with E-state index in [0.717, 1.165) is 10.6 Å². The maximum atomic E-state index is 12.6. The lowest BCUT2D eigenvalue weighted by atomic mass is 10.2. The number of aryl methyl sites for hydroxylation is 2. The SMILES string of the molecule is COc1ccccc1NC(=O)c1sc(COc2ccc(Cl)c(C)c2)nc1C. The number of thiazole rings is 1. The van der Waals surface area contributed by atoms with E-state index in [1.807, 2.05) is 38.1 Å². The number of hydrogen-bond donors (Lipinski definition) is 1. The van der Waals surface area contributed by atoms with Crippen LogP contribution in [0.5, 0.6) is 11.5 Å². The number of aromatic nitrogens is 1. The largest absolute Gasteiger partial charge is 0.495 e.